The summed E-state index contributed by atoms with van der Waals surface area (Å²) in [4.78, 5) is 15.5. The first-order valence-electron chi connectivity index (χ1n) is 7.33. The number of nitrogens with one attached hydrogen (secondary N) is 1. The van der Waals surface area contributed by atoms with Crippen molar-refractivity contribution < 1.29 is 14.3 Å². The quantitative estimate of drug-likeness (QED) is 0.743. The molecule has 1 aromatic heterocycles. The Morgan fingerprint density at radius 2 is 1.96 bits per heavy atom. The highest BCUT2D eigenvalue weighted by Gasteiger charge is 2.21. The molecule has 1 radical (unpaired) electrons. The molecule has 0 saturated heterocycles. The van der Waals surface area contributed by atoms with Gasteiger partial charge in [0.25, 0.3) is 0 Å². The van der Waals surface area contributed by atoms with E-state index in [9.17, 15) is 4.79 Å². The first-order valence-corrected chi connectivity index (χ1v) is 7.33. The summed E-state index contributed by atoms with van der Waals surface area (Å²) in [6.07, 6.45) is 1.81. The third-order valence-corrected chi connectivity index (χ3v) is 3.97. The molecule has 0 aliphatic rings. The molecule has 0 unspecified atom stereocenters. The van der Waals surface area contributed by atoms with Crippen LogP contribution in [0.5, 0.6) is 5.75 Å². The summed E-state index contributed by atoms with van der Waals surface area (Å²) in [5.74, 6) is 0.353. The van der Waals surface area contributed by atoms with Crippen molar-refractivity contribution in [2.45, 2.75) is 13.8 Å². The maximum absolute atomic E-state index is 12.4. The zero-order valence-electron chi connectivity index (χ0n) is 13.6. The normalized spacial score (nSPS) is 10.8. The largest absolute Gasteiger partial charge is 0.496 e. The van der Waals surface area contributed by atoms with Gasteiger partial charge in [-0.3, -0.25) is 0 Å². The zero-order valence-corrected chi connectivity index (χ0v) is 13.6. The van der Waals surface area contributed by atoms with Crippen molar-refractivity contribution in [2.75, 3.05) is 14.2 Å². The predicted octanol–water partition coefficient (Wildman–Crippen LogP) is 4.05. The van der Waals surface area contributed by atoms with Crippen molar-refractivity contribution in [2.24, 2.45) is 0 Å². The SMILES string of the molecule is COC(=O)c1c(-c2c(C)[c]c(C)cc2OC)ccc2[nH]ccc12. The van der Waals surface area contributed by atoms with Gasteiger partial charge in [0.1, 0.15) is 5.75 Å². The number of H-pyrrole nitrogens is 1. The second-order valence-electron chi connectivity index (χ2n) is 5.44. The van der Waals surface area contributed by atoms with Gasteiger partial charge in [0.15, 0.2) is 0 Å². The molecule has 0 saturated carbocycles. The molecule has 0 atom stereocenters. The van der Waals surface area contributed by atoms with E-state index in [2.05, 4.69) is 11.1 Å². The maximum atomic E-state index is 12.4. The molecule has 2 aromatic carbocycles. The highest BCUT2D eigenvalue weighted by Crippen LogP contribution is 2.38. The fraction of sp³-hybridized carbons (Fsp3) is 0.211. The summed E-state index contributed by atoms with van der Waals surface area (Å²) in [5, 5.41) is 0.830. The number of aromatic nitrogens is 1. The number of aryl methyl sites for hydroxylation is 2. The Bertz CT molecular complexity index is 893. The van der Waals surface area contributed by atoms with Crippen molar-refractivity contribution in [3.63, 3.8) is 0 Å². The first kappa shape index (κ1) is 15.2. The van der Waals surface area contributed by atoms with Crippen LogP contribution in [0.15, 0.2) is 30.5 Å². The van der Waals surface area contributed by atoms with E-state index in [-0.39, 0.29) is 5.97 Å². The van der Waals surface area contributed by atoms with Crippen molar-refractivity contribution in [3.8, 4) is 16.9 Å². The fourth-order valence-corrected chi connectivity index (χ4v) is 3.01. The van der Waals surface area contributed by atoms with E-state index in [1.54, 1.807) is 7.11 Å². The van der Waals surface area contributed by atoms with Crippen LogP contribution in [-0.4, -0.2) is 25.2 Å². The monoisotopic (exact) mass is 308 g/mol. The molecule has 23 heavy (non-hydrogen) atoms. The van der Waals surface area contributed by atoms with Crippen molar-refractivity contribution in [1.82, 2.24) is 4.98 Å². The number of hydrogen-bond donors (Lipinski definition) is 1. The lowest BCUT2D eigenvalue weighted by molar-refractivity contribution is 0.0604. The highest BCUT2D eigenvalue weighted by molar-refractivity contribution is 6.10. The summed E-state index contributed by atoms with van der Waals surface area (Å²) in [6, 6.07) is 11.0. The fourth-order valence-electron chi connectivity index (χ4n) is 3.01. The molecule has 0 bridgehead atoms. The van der Waals surface area contributed by atoms with Gasteiger partial charge in [0.05, 0.1) is 19.8 Å². The van der Waals surface area contributed by atoms with Crippen LogP contribution in [0.4, 0.5) is 0 Å². The molecule has 1 heterocycles. The molecule has 0 aliphatic carbocycles. The van der Waals surface area contributed by atoms with Gasteiger partial charge >= 0.3 is 5.97 Å². The van der Waals surface area contributed by atoms with Crippen LogP contribution >= 0.6 is 0 Å². The van der Waals surface area contributed by atoms with Crippen LogP contribution in [-0.2, 0) is 4.74 Å². The van der Waals surface area contributed by atoms with Crippen molar-refractivity contribution in [3.05, 3.63) is 53.2 Å². The summed E-state index contributed by atoms with van der Waals surface area (Å²) in [7, 11) is 3.02. The number of hydrogen-bond acceptors (Lipinski definition) is 3. The zero-order chi connectivity index (χ0) is 16.6. The molecule has 3 aromatic rings. The number of rotatable bonds is 3. The van der Waals surface area contributed by atoms with E-state index < -0.39 is 0 Å². The number of fused-ring (bicyclic) bond motifs is 1. The third kappa shape index (κ3) is 2.46. The number of carbonyl (C=O) groups is 1. The predicted molar refractivity (Wildman–Crippen MR) is 89.9 cm³/mol. The molecule has 0 fully saturated rings. The standard InChI is InChI=1S/C19H18NO3/c1-11-9-12(2)17(16(10-11)22-3)14-5-6-15-13(7-8-20-15)18(14)19(21)23-4/h5-8,10,20H,1-4H3. The number of ether oxygens (including phenoxy) is 2. The molecule has 0 spiro atoms. The average molecular weight is 308 g/mol. The smallest absolute Gasteiger partial charge is 0.339 e. The second-order valence-corrected chi connectivity index (χ2v) is 5.44. The van der Waals surface area contributed by atoms with Gasteiger partial charge in [-0.1, -0.05) is 6.07 Å². The lowest BCUT2D eigenvalue weighted by atomic mass is 9.92. The Labute approximate surface area is 135 Å². The number of carbonyl (C=O) groups excluding carboxylic acids is 1. The molecule has 4 nitrogen and oxygen atoms in total. The van der Waals surface area contributed by atoms with Gasteiger partial charge < -0.3 is 14.5 Å². The molecule has 117 valence electrons. The number of methoxy groups -OCH3 is 2. The van der Waals surface area contributed by atoms with E-state index in [1.807, 2.05) is 44.3 Å². The topological polar surface area (TPSA) is 51.3 Å². The lowest BCUT2D eigenvalue weighted by Crippen LogP contribution is -2.06. The van der Waals surface area contributed by atoms with Crippen LogP contribution in [0.1, 0.15) is 21.5 Å². The number of esters is 1. The minimum atomic E-state index is -0.368. The molecule has 0 aliphatic heterocycles. The minimum Gasteiger partial charge on any atom is -0.496 e. The highest BCUT2D eigenvalue weighted by atomic mass is 16.5. The van der Waals surface area contributed by atoms with Crippen molar-refractivity contribution in [1.29, 1.82) is 0 Å². The third-order valence-electron chi connectivity index (χ3n) is 3.97. The molecule has 3 rings (SSSR count). The molecule has 0 amide bonds. The van der Waals surface area contributed by atoms with Crippen molar-refractivity contribution >= 4 is 16.9 Å². The summed E-state index contributed by atoms with van der Waals surface area (Å²) in [5.41, 5.74) is 5.00. The lowest BCUT2D eigenvalue weighted by Gasteiger charge is -2.16. The minimum absolute atomic E-state index is 0.368. The van der Waals surface area contributed by atoms with Crippen LogP contribution in [0.25, 0.3) is 22.0 Å². The molecular weight excluding hydrogens is 290 g/mol. The summed E-state index contributed by atoms with van der Waals surface area (Å²) in [6.45, 7) is 3.93. The van der Waals surface area contributed by atoms with Gasteiger partial charge in [-0.2, -0.15) is 0 Å². The van der Waals surface area contributed by atoms with E-state index in [0.717, 1.165) is 38.9 Å². The summed E-state index contributed by atoms with van der Waals surface area (Å²) >= 11 is 0. The van der Waals surface area contributed by atoms with Crippen LogP contribution in [0, 0.1) is 19.9 Å². The Hall–Kier alpha value is -2.75. The van der Waals surface area contributed by atoms with Crippen LogP contribution in [0.2, 0.25) is 0 Å². The Morgan fingerprint density at radius 1 is 1.17 bits per heavy atom. The van der Waals surface area contributed by atoms with Gasteiger partial charge in [-0.15, -0.1) is 0 Å². The van der Waals surface area contributed by atoms with E-state index in [1.165, 1.54) is 7.11 Å². The Balaban J connectivity index is 2.39. The number of aromatic amines is 1. The van der Waals surface area contributed by atoms with Gasteiger partial charge in [-0.05, 0) is 49.2 Å². The second kappa shape index (κ2) is 5.80. The number of benzene rings is 2. The van der Waals surface area contributed by atoms with Gasteiger partial charge in [-0.25, -0.2) is 4.79 Å². The van der Waals surface area contributed by atoms with Gasteiger partial charge in [0.2, 0.25) is 0 Å². The van der Waals surface area contributed by atoms with Crippen LogP contribution in [0.3, 0.4) is 0 Å². The van der Waals surface area contributed by atoms with E-state index in [4.69, 9.17) is 9.47 Å². The maximum Gasteiger partial charge on any atom is 0.339 e. The molecular formula is C19H18NO3. The first-order chi connectivity index (χ1) is 11.1. The Morgan fingerprint density at radius 3 is 2.65 bits per heavy atom. The van der Waals surface area contributed by atoms with Crippen LogP contribution < -0.4 is 4.74 Å². The molecule has 4 heteroatoms. The summed E-state index contributed by atoms with van der Waals surface area (Å²) < 4.78 is 10.6. The molecule has 1 N–H and O–H groups in total. The van der Waals surface area contributed by atoms with E-state index >= 15 is 0 Å². The van der Waals surface area contributed by atoms with E-state index in [0.29, 0.717) is 5.56 Å². The Kier molecular flexibility index (Phi) is 3.82. The van der Waals surface area contributed by atoms with Gasteiger partial charge in [0, 0.05) is 28.2 Å². The average Bonchev–Trinajstić information content (AvgIpc) is 3.01.